The molecule has 1 fully saturated rings. The van der Waals surface area contributed by atoms with Gasteiger partial charge in [0.15, 0.2) is 11.5 Å². The molecule has 3 aromatic rings. The van der Waals surface area contributed by atoms with Crippen molar-refractivity contribution in [1.82, 2.24) is 14.9 Å². The third-order valence-electron chi connectivity index (χ3n) is 6.73. The van der Waals surface area contributed by atoms with E-state index in [0.717, 1.165) is 36.0 Å². The van der Waals surface area contributed by atoms with Crippen molar-refractivity contribution in [2.45, 2.75) is 52.1 Å². The SMILES string of the molecule is COc1cc2c(Oc3ccc4c(c3)CCN4C(=O)OC(C)(C)C)ncnc2cc1OCCCN1CCCC1. The second kappa shape index (κ2) is 11.0. The highest BCUT2D eigenvalue weighted by molar-refractivity contribution is 5.91. The summed E-state index contributed by atoms with van der Waals surface area (Å²) in [6.07, 6.45) is 5.41. The zero-order chi connectivity index (χ0) is 26.7. The van der Waals surface area contributed by atoms with Crippen LogP contribution in [0.1, 0.15) is 45.6 Å². The minimum atomic E-state index is -0.545. The third-order valence-corrected chi connectivity index (χ3v) is 6.73. The molecule has 0 aliphatic carbocycles. The molecule has 0 spiro atoms. The minimum Gasteiger partial charge on any atom is -0.493 e. The highest BCUT2D eigenvalue weighted by atomic mass is 16.6. The summed E-state index contributed by atoms with van der Waals surface area (Å²) in [5.74, 6) is 2.33. The number of fused-ring (bicyclic) bond motifs is 2. The lowest BCUT2D eigenvalue weighted by atomic mass is 10.1. The Labute approximate surface area is 223 Å². The van der Waals surface area contributed by atoms with Gasteiger partial charge in [0.25, 0.3) is 0 Å². The van der Waals surface area contributed by atoms with E-state index in [0.29, 0.717) is 41.8 Å². The Kier molecular flexibility index (Phi) is 7.56. The molecule has 0 N–H and O–H groups in total. The van der Waals surface area contributed by atoms with E-state index in [1.165, 1.54) is 32.3 Å². The van der Waals surface area contributed by atoms with Gasteiger partial charge in [0, 0.05) is 19.2 Å². The highest BCUT2D eigenvalue weighted by Gasteiger charge is 2.29. The number of anilines is 1. The Morgan fingerprint density at radius 1 is 1.03 bits per heavy atom. The summed E-state index contributed by atoms with van der Waals surface area (Å²) in [5, 5.41) is 0.727. The number of ether oxygens (including phenoxy) is 4. The Morgan fingerprint density at radius 2 is 1.84 bits per heavy atom. The first-order valence-corrected chi connectivity index (χ1v) is 13.3. The van der Waals surface area contributed by atoms with Crippen molar-refractivity contribution in [2.75, 3.05) is 44.8 Å². The molecule has 2 aliphatic rings. The van der Waals surface area contributed by atoms with Crippen LogP contribution in [0.2, 0.25) is 0 Å². The molecule has 1 saturated heterocycles. The van der Waals surface area contributed by atoms with Crippen LogP contribution < -0.4 is 19.1 Å². The van der Waals surface area contributed by atoms with Crippen molar-refractivity contribution in [3.05, 3.63) is 42.2 Å². The van der Waals surface area contributed by atoms with E-state index in [4.69, 9.17) is 18.9 Å². The lowest BCUT2D eigenvalue weighted by molar-refractivity contribution is 0.0584. The standard InChI is InChI=1S/C29H36N4O5/c1-29(2,3)38-28(34)33-14-10-20-16-21(8-9-24(20)33)37-27-22-17-25(35-4)26(18-23(22)30-19-31-27)36-15-7-13-32-11-5-6-12-32/h8-9,16-19H,5-7,10-15H2,1-4H3. The number of hydrogen-bond donors (Lipinski definition) is 0. The fourth-order valence-electron chi connectivity index (χ4n) is 4.93. The van der Waals surface area contributed by atoms with Crippen molar-refractivity contribution >= 4 is 22.7 Å². The third kappa shape index (κ3) is 5.93. The molecular formula is C29H36N4O5. The average molecular weight is 521 g/mol. The Balaban J connectivity index is 1.30. The maximum absolute atomic E-state index is 12.6. The number of nitrogens with zero attached hydrogens (tertiary/aromatic N) is 4. The number of aromatic nitrogens is 2. The van der Waals surface area contributed by atoms with E-state index >= 15 is 0 Å². The van der Waals surface area contributed by atoms with E-state index in [1.54, 1.807) is 12.0 Å². The molecule has 0 bridgehead atoms. The van der Waals surface area contributed by atoms with Crippen LogP contribution in [-0.2, 0) is 11.2 Å². The number of carbonyl (C=O) groups excluding carboxylic acids is 1. The van der Waals surface area contributed by atoms with Crippen LogP contribution >= 0.6 is 0 Å². The summed E-state index contributed by atoms with van der Waals surface area (Å²) >= 11 is 0. The van der Waals surface area contributed by atoms with Gasteiger partial charge in [-0.05, 0) is 89.4 Å². The number of carbonyl (C=O) groups is 1. The molecule has 9 nitrogen and oxygen atoms in total. The summed E-state index contributed by atoms with van der Waals surface area (Å²) in [6, 6.07) is 9.41. The predicted molar refractivity (Wildman–Crippen MR) is 146 cm³/mol. The summed E-state index contributed by atoms with van der Waals surface area (Å²) in [4.78, 5) is 25.6. The highest BCUT2D eigenvalue weighted by Crippen LogP contribution is 2.38. The molecule has 0 radical (unpaired) electrons. The van der Waals surface area contributed by atoms with E-state index in [2.05, 4.69) is 14.9 Å². The van der Waals surface area contributed by atoms with Crippen LogP contribution in [-0.4, -0.2) is 66.5 Å². The predicted octanol–water partition coefficient (Wildman–Crippen LogP) is 5.59. The van der Waals surface area contributed by atoms with Crippen molar-refractivity contribution in [3.63, 3.8) is 0 Å². The number of rotatable bonds is 8. The number of hydrogen-bond acceptors (Lipinski definition) is 8. The number of likely N-dealkylation sites (tertiary alicyclic amines) is 1. The normalized spacial score (nSPS) is 15.5. The average Bonchev–Trinajstić information content (AvgIpc) is 3.55. The van der Waals surface area contributed by atoms with Crippen molar-refractivity contribution in [1.29, 1.82) is 0 Å². The summed E-state index contributed by atoms with van der Waals surface area (Å²) in [7, 11) is 1.62. The first kappa shape index (κ1) is 26.0. The molecule has 1 amide bonds. The van der Waals surface area contributed by atoms with Crippen LogP contribution in [0.3, 0.4) is 0 Å². The number of amides is 1. The van der Waals surface area contributed by atoms with Gasteiger partial charge in [-0.3, -0.25) is 4.90 Å². The first-order valence-electron chi connectivity index (χ1n) is 13.3. The smallest absolute Gasteiger partial charge is 0.414 e. The molecule has 38 heavy (non-hydrogen) atoms. The van der Waals surface area contributed by atoms with E-state index in [-0.39, 0.29) is 6.09 Å². The molecule has 2 aliphatic heterocycles. The van der Waals surface area contributed by atoms with Crippen molar-refractivity contribution in [3.8, 4) is 23.1 Å². The van der Waals surface area contributed by atoms with Crippen molar-refractivity contribution in [2.24, 2.45) is 0 Å². The van der Waals surface area contributed by atoms with Gasteiger partial charge in [-0.25, -0.2) is 14.8 Å². The van der Waals surface area contributed by atoms with Gasteiger partial charge in [-0.15, -0.1) is 0 Å². The zero-order valence-corrected chi connectivity index (χ0v) is 22.7. The second-order valence-corrected chi connectivity index (χ2v) is 10.7. The maximum atomic E-state index is 12.6. The number of benzene rings is 2. The molecule has 0 atom stereocenters. The van der Waals surface area contributed by atoms with Gasteiger partial charge in [0.1, 0.15) is 17.7 Å². The maximum Gasteiger partial charge on any atom is 0.414 e. The van der Waals surface area contributed by atoms with Gasteiger partial charge in [-0.1, -0.05) is 0 Å². The molecule has 1 aromatic heterocycles. The fourth-order valence-corrected chi connectivity index (χ4v) is 4.93. The number of methoxy groups -OCH3 is 1. The Hall–Kier alpha value is -3.59. The fraction of sp³-hybridized carbons (Fsp3) is 0.483. The van der Waals surface area contributed by atoms with Crippen molar-refractivity contribution < 1.29 is 23.7 Å². The van der Waals surface area contributed by atoms with E-state index in [1.807, 2.05) is 51.1 Å². The van der Waals surface area contributed by atoms with Gasteiger partial charge in [-0.2, -0.15) is 0 Å². The van der Waals surface area contributed by atoms with Crippen LogP contribution in [0, 0.1) is 0 Å². The topological polar surface area (TPSA) is 86.2 Å². The zero-order valence-electron chi connectivity index (χ0n) is 22.7. The molecule has 0 unspecified atom stereocenters. The largest absolute Gasteiger partial charge is 0.493 e. The Bertz CT molecular complexity index is 1300. The molecular weight excluding hydrogens is 484 g/mol. The second-order valence-electron chi connectivity index (χ2n) is 10.7. The lowest BCUT2D eigenvalue weighted by Gasteiger charge is -2.24. The molecule has 5 rings (SSSR count). The first-order chi connectivity index (χ1) is 18.3. The monoisotopic (exact) mass is 520 g/mol. The molecule has 0 saturated carbocycles. The Morgan fingerprint density at radius 3 is 2.61 bits per heavy atom. The van der Waals surface area contributed by atoms with Crippen LogP contribution in [0.25, 0.3) is 10.9 Å². The minimum absolute atomic E-state index is 0.340. The van der Waals surface area contributed by atoms with Crippen LogP contribution in [0.15, 0.2) is 36.7 Å². The molecule has 3 heterocycles. The molecule has 202 valence electrons. The van der Waals surface area contributed by atoms with Crippen LogP contribution in [0.4, 0.5) is 10.5 Å². The summed E-state index contributed by atoms with van der Waals surface area (Å²) in [6.45, 7) is 10.2. The van der Waals surface area contributed by atoms with Gasteiger partial charge < -0.3 is 23.8 Å². The van der Waals surface area contributed by atoms with Gasteiger partial charge in [0.2, 0.25) is 5.88 Å². The molecule has 9 heteroatoms. The lowest BCUT2D eigenvalue weighted by Crippen LogP contribution is -2.35. The summed E-state index contributed by atoms with van der Waals surface area (Å²) < 4.78 is 23.4. The van der Waals surface area contributed by atoms with E-state index in [9.17, 15) is 4.79 Å². The van der Waals surface area contributed by atoms with Gasteiger partial charge in [0.05, 0.1) is 30.3 Å². The van der Waals surface area contributed by atoms with Crippen LogP contribution in [0.5, 0.6) is 23.1 Å². The van der Waals surface area contributed by atoms with Gasteiger partial charge >= 0.3 is 6.09 Å². The van der Waals surface area contributed by atoms with E-state index < -0.39 is 5.60 Å². The molecule has 2 aromatic carbocycles. The quantitative estimate of drug-likeness (QED) is 0.355. The summed E-state index contributed by atoms with van der Waals surface area (Å²) in [5.41, 5.74) is 2.03.